The highest BCUT2D eigenvalue weighted by Gasteiger charge is 2.00. The Morgan fingerprint density at radius 2 is 0.735 bits per heavy atom. The molecule has 0 amide bonds. The molecule has 0 aliphatic heterocycles. The summed E-state index contributed by atoms with van der Waals surface area (Å²) in [6.45, 7) is 7.93. The molecule has 0 aliphatic rings. The first-order valence-electron chi connectivity index (χ1n) is 12.4. The van der Waals surface area contributed by atoms with E-state index in [0.29, 0.717) is 38.9 Å². The van der Waals surface area contributed by atoms with Crippen LogP contribution >= 0.6 is 0 Å². The van der Waals surface area contributed by atoms with E-state index in [4.69, 9.17) is 30.6 Å². The lowest BCUT2D eigenvalue weighted by molar-refractivity contribution is -0.138. The first-order chi connectivity index (χ1) is 16.2. The van der Waals surface area contributed by atoms with Crippen molar-refractivity contribution in [3.05, 3.63) is 0 Å². The maximum Gasteiger partial charge on any atom is 0.303 e. The van der Waals surface area contributed by atoms with Crippen LogP contribution in [0.4, 0.5) is 0 Å². The molecule has 34 heavy (non-hydrogen) atoms. The molecule has 0 heterocycles. The zero-order valence-electron chi connectivity index (χ0n) is 21.6. The average Bonchev–Trinajstić information content (AvgIpc) is 2.76. The Morgan fingerprint density at radius 1 is 0.500 bits per heavy atom. The Balaban J connectivity index is -0.000000177. The smallest absolute Gasteiger partial charge is 0.303 e. The van der Waals surface area contributed by atoms with Crippen molar-refractivity contribution in [2.45, 2.75) is 97.8 Å². The third kappa shape index (κ3) is 52.3. The van der Waals surface area contributed by atoms with Gasteiger partial charge >= 0.3 is 17.9 Å². The molecule has 0 atom stereocenters. The van der Waals surface area contributed by atoms with Gasteiger partial charge in [0, 0.05) is 38.9 Å². The largest absolute Gasteiger partial charge is 0.481 e. The topological polar surface area (TPSA) is 176 Å². The number of nitrogens with zero attached hydrogens (tertiary/aromatic N) is 1. The van der Waals surface area contributed by atoms with Gasteiger partial charge in [0.2, 0.25) is 0 Å². The predicted octanol–water partition coefficient (Wildman–Crippen LogP) is 3.22. The van der Waals surface area contributed by atoms with Crippen molar-refractivity contribution in [1.82, 2.24) is 4.90 Å². The Kier molecular flexibility index (Phi) is 41.6. The summed E-state index contributed by atoms with van der Waals surface area (Å²) in [5.74, 6) is -2.05. The lowest BCUT2D eigenvalue weighted by atomic mass is 10.2. The second-order valence-corrected chi connectivity index (χ2v) is 7.56. The molecule has 0 radical (unpaired) electrons. The minimum absolute atomic E-state index is 0.0694. The summed E-state index contributed by atoms with van der Waals surface area (Å²) in [5, 5.41) is 49.9. The summed E-state index contributed by atoms with van der Waals surface area (Å²) in [6, 6.07) is 0. The summed E-state index contributed by atoms with van der Waals surface area (Å²) in [4.78, 5) is 31.4. The van der Waals surface area contributed by atoms with Crippen molar-refractivity contribution >= 4 is 17.9 Å². The zero-order valence-corrected chi connectivity index (χ0v) is 21.6. The predicted molar refractivity (Wildman–Crippen MR) is 133 cm³/mol. The van der Waals surface area contributed by atoms with Crippen LogP contribution in [0.15, 0.2) is 0 Å². The van der Waals surface area contributed by atoms with E-state index >= 15 is 0 Å². The molecule has 10 nitrogen and oxygen atoms in total. The Morgan fingerprint density at radius 3 is 0.882 bits per heavy atom. The third-order valence-corrected chi connectivity index (χ3v) is 4.23. The second-order valence-electron chi connectivity index (χ2n) is 7.56. The number of carbonyl (C=O) groups is 3. The number of carboxylic acid groups (broad SMARTS) is 3. The van der Waals surface area contributed by atoms with Crippen LogP contribution < -0.4 is 0 Å². The molecule has 0 bridgehead atoms. The number of aliphatic carboxylic acids is 3. The SMILES string of the molecule is CCCCCC(=O)O.CCCCCC(=O)O.CCCCCC(=O)O.OCCN(CCO)CCO. The summed E-state index contributed by atoms with van der Waals surface area (Å²) in [7, 11) is 0. The molecule has 0 aromatic heterocycles. The number of aliphatic hydroxyl groups excluding tert-OH is 3. The van der Waals surface area contributed by atoms with Crippen molar-refractivity contribution in [3.8, 4) is 0 Å². The van der Waals surface area contributed by atoms with Crippen LogP contribution in [0.2, 0.25) is 0 Å². The number of carboxylic acids is 3. The quantitative estimate of drug-likeness (QED) is 0.154. The lowest BCUT2D eigenvalue weighted by Gasteiger charge is -2.17. The van der Waals surface area contributed by atoms with Gasteiger partial charge in [0.25, 0.3) is 0 Å². The number of aliphatic hydroxyl groups is 3. The van der Waals surface area contributed by atoms with Gasteiger partial charge in [0.05, 0.1) is 19.8 Å². The van der Waals surface area contributed by atoms with E-state index in [2.05, 4.69) is 20.8 Å². The third-order valence-electron chi connectivity index (χ3n) is 4.23. The van der Waals surface area contributed by atoms with E-state index in [0.717, 1.165) is 57.8 Å². The van der Waals surface area contributed by atoms with Crippen molar-refractivity contribution in [1.29, 1.82) is 0 Å². The van der Waals surface area contributed by atoms with Crippen LogP contribution in [0.5, 0.6) is 0 Å². The van der Waals surface area contributed by atoms with Crippen LogP contribution in [0.1, 0.15) is 97.8 Å². The highest BCUT2D eigenvalue weighted by atomic mass is 16.4. The van der Waals surface area contributed by atoms with Gasteiger partial charge in [-0.3, -0.25) is 19.3 Å². The molecular formula is C24H51NO9. The molecular weight excluding hydrogens is 446 g/mol. The number of unbranched alkanes of at least 4 members (excludes halogenated alkanes) is 6. The molecule has 0 unspecified atom stereocenters. The van der Waals surface area contributed by atoms with Crippen molar-refractivity contribution in [2.75, 3.05) is 39.5 Å². The van der Waals surface area contributed by atoms with Gasteiger partial charge in [-0.1, -0.05) is 59.3 Å². The van der Waals surface area contributed by atoms with Crippen molar-refractivity contribution in [2.24, 2.45) is 0 Å². The first-order valence-corrected chi connectivity index (χ1v) is 12.4. The normalized spacial score (nSPS) is 9.62. The van der Waals surface area contributed by atoms with Gasteiger partial charge < -0.3 is 30.6 Å². The molecule has 0 spiro atoms. The zero-order chi connectivity index (χ0) is 27.0. The van der Waals surface area contributed by atoms with E-state index in [1.807, 2.05) is 0 Å². The minimum atomic E-state index is -0.682. The van der Waals surface area contributed by atoms with Gasteiger partial charge in [0.1, 0.15) is 0 Å². The Bertz CT molecular complexity index is 373. The highest BCUT2D eigenvalue weighted by molar-refractivity contribution is 5.67. The van der Waals surface area contributed by atoms with Crippen LogP contribution in [-0.4, -0.2) is 92.9 Å². The van der Waals surface area contributed by atoms with Crippen molar-refractivity contribution in [3.63, 3.8) is 0 Å². The number of rotatable bonds is 18. The second kappa shape index (κ2) is 35.8. The fourth-order valence-corrected chi connectivity index (χ4v) is 2.34. The summed E-state index contributed by atoms with van der Waals surface area (Å²) in [6.07, 6.45) is 9.83. The lowest BCUT2D eigenvalue weighted by Crippen LogP contribution is -2.32. The van der Waals surface area contributed by atoms with Gasteiger partial charge in [-0.25, -0.2) is 0 Å². The summed E-state index contributed by atoms with van der Waals surface area (Å²) >= 11 is 0. The molecule has 0 aliphatic carbocycles. The van der Waals surface area contributed by atoms with Crippen LogP contribution in [0.3, 0.4) is 0 Å². The standard InChI is InChI=1S/C6H15NO3.3C6H12O2/c8-4-1-7(2-5-9)3-6-10;3*1-2-3-4-5-6(7)8/h8-10H,1-6H2;3*2-5H2,1H3,(H,7,8). The van der Waals surface area contributed by atoms with Crippen LogP contribution in [0.25, 0.3) is 0 Å². The van der Waals surface area contributed by atoms with E-state index in [1.54, 1.807) is 4.90 Å². The molecule has 0 aromatic rings. The van der Waals surface area contributed by atoms with Crippen LogP contribution in [-0.2, 0) is 14.4 Å². The van der Waals surface area contributed by atoms with Gasteiger partial charge in [-0.15, -0.1) is 0 Å². The Hall–Kier alpha value is -1.75. The first kappa shape index (κ1) is 39.5. The van der Waals surface area contributed by atoms with Gasteiger partial charge in [0.15, 0.2) is 0 Å². The maximum atomic E-state index is 9.87. The summed E-state index contributed by atoms with van der Waals surface area (Å²) < 4.78 is 0. The molecule has 0 fully saturated rings. The molecule has 0 aromatic carbocycles. The molecule has 6 N–H and O–H groups in total. The number of hydrogen-bond acceptors (Lipinski definition) is 7. The van der Waals surface area contributed by atoms with E-state index < -0.39 is 17.9 Å². The van der Waals surface area contributed by atoms with Gasteiger partial charge in [-0.05, 0) is 19.3 Å². The van der Waals surface area contributed by atoms with E-state index in [-0.39, 0.29) is 19.8 Å². The molecule has 0 saturated carbocycles. The Labute approximate surface area is 205 Å². The molecule has 0 rings (SSSR count). The summed E-state index contributed by atoms with van der Waals surface area (Å²) in [5.41, 5.74) is 0. The minimum Gasteiger partial charge on any atom is -0.481 e. The number of hydrogen-bond donors (Lipinski definition) is 6. The van der Waals surface area contributed by atoms with E-state index in [1.165, 1.54) is 0 Å². The van der Waals surface area contributed by atoms with E-state index in [9.17, 15) is 14.4 Å². The van der Waals surface area contributed by atoms with Crippen molar-refractivity contribution < 1.29 is 45.0 Å². The average molecular weight is 498 g/mol. The highest BCUT2D eigenvalue weighted by Crippen LogP contribution is 1.98. The fraction of sp³-hybridized carbons (Fsp3) is 0.875. The van der Waals surface area contributed by atoms with Gasteiger partial charge in [-0.2, -0.15) is 0 Å². The molecule has 0 saturated heterocycles. The van der Waals surface area contributed by atoms with Crippen LogP contribution in [0, 0.1) is 0 Å². The molecule has 206 valence electrons. The maximum absolute atomic E-state index is 9.87. The molecule has 10 heteroatoms. The fourth-order valence-electron chi connectivity index (χ4n) is 2.34. The monoisotopic (exact) mass is 497 g/mol.